The Morgan fingerprint density at radius 3 is 2.84 bits per heavy atom. The summed E-state index contributed by atoms with van der Waals surface area (Å²) in [7, 11) is 1.59. The fraction of sp³-hybridized carbons (Fsp3) is 0.450. The quantitative estimate of drug-likeness (QED) is 0.246. The van der Waals surface area contributed by atoms with Gasteiger partial charge < -0.3 is 30.8 Å². The van der Waals surface area contributed by atoms with Crippen LogP contribution in [0.3, 0.4) is 0 Å². The molecule has 1 aromatic carbocycles. The Kier molecular flexibility index (Phi) is 7.13. The lowest BCUT2D eigenvalue weighted by Gasteiger charge is -2.14. The molecule has 32 heavy (non-hydrogen) atoms. The number of aromatic amines is 1. The number of fused-ring (bicyclic) bond motifs is 1. The zero-order valence-corrected chi connectivity index (χ0v) is 17.8. The number of carbonyl (C=O) groups is 4. The molecule has 1 aliphatic rings. The molecule has 0 aliphatic carbocycles. The van der Waals surface area contributed by atoms with Crippen LogP contribution in [0.1, 0.15) is 19.8 Å². The minimum absolute atomic E-state index is 0.0819. The molecule has 3 rings (SSSR count). The average molecular weight is 446 g/mol. The molecule has 1 aliphatic heterocycles. The lowest BCUT2D eigenvalue weighted by molar-refractivity contribution is -0.141. The highest BCUT2D eigenvalue weighted by Crippen LogP contribution is 2.20. The number of nitrogens with zero attached hydrogens (tertiary/aromatic N) is 2. The number of H-pyrrole nitrogens is 1. The number of hydrogen-bond acceptors (Lipinski definition) is 7. The second kappa shape index (κ2) is 9.98. The van der Waals surface area contributed by atoms with Gasteiger partial charge >= 0.3 is 12.0 Å². The number of amides is 4. The molecule has 2 heterocycles. The number of carboxylic acid groups (broad SMARTS) is 1. The van der Waals surface area contributed by atoms with Crippen molar-refractivity contribution < 1.29 is 29.0 Å². The van der Waals surface area contributed by atoms with Gasteiger partial charge in [0, 0.05) is 19.2 Å². The highest BCUT2D eigenvalue weighted by molar-refractivity contribution is 6.06. The molecule has 0 radical (unpaired) electrons. The van der Waals surface area contributed by atoms with E-state index in [1.165, 1.54) is 6.92 Å². The Morgan fingerprint density at radius 2 is 2.12 bits per heavy atom. The maximum Gasteiger partial charge on any atom is 0.325 e. The molecule has 1 aromatic heterocycles. The molecule has 5 N–H and O–H groups in total. The Bertz CT molecular complexity index is 1020. The van der Waals surface area contributed by atoms with Crippen molar-refractivity contribution in [1.29, 1.82) is 0 Å². The van der Waals surface area contributed by atoms with Crippen molar-refractivity contribution in [2.24, 2.45) is 5.92 Å². The number of ether oxygens (including phenoxy) is 1. The normalized spacial score (nSPS) is 16.7. The second-order valence-corrected chi connectivity index (χ2v) is 7.51. The van der Waals surface area contributed by atoms with Crippen molar-refractivity contribution in [2.45, 2.75) is 25.8 Å². The van der Waals surface area contributed by atoms with Gasteiger partial charge in [-0.3, -0.25) is 19.3 Å². The van der Waals surface area contributed by atoms with E-state index < -0.39 is 42.3 Å². The van der Waals surface area contributed by atoms with Gasteiger partial charge in [0.05, 0.1) is 24.1 Å². The zero-order chi connectivity index (χ0) is 23.3. The molecule has 12 heteroatoms. The van der Waals surface area contributed by atoms with Gasteiger partial charge in [-0.05, 0) is 25.0 Å². The zero-order valence-electron chi connectivity index (χ0n) is 17.8. The minimum atomic E-state index is -1.05. The smallest absolute Gasteiger partial charge is 0.325 e. The number of carboxylic acids is 1. The largest absolute Gasteiger partial charge is 0.497 e. The molecule has 12 nitrogen and oxygen atoms in total. The van der Waals surface area contributed by atoms with Crippen LogP contribution < -0.4 is 20.7 Å². The van der Waals surface area contributed by atoms with Crippen LogP contribution in [0.4, 0.5) is 10.7 Å². The van der Waals surface area contributed by atoms with Gasteiger partial charge in [0.1, 0.15) is 18.3 Å². The van der Waals surface area contributed by atoms with Gasteiger partial charge in [0.25, 0.3) is 5.91 Å². The molecule has 2 unspecified atom stereocenters. The molecule has 2 aromatic rings. The number of aromatic nitrogens is 2. The van der Waals surface area contributed by atoms with Gasteiger partial charge in [0.15, 0.2) is 0 Å². The predicted octanol–water partition coefficient (Wildman–Crippen LogP) is 0.521. The molecule has 172 valence electrons. The predicted molar refractivity (Wildman–Crippen MR) is 114 cm³/mol. The number of rotatable bonds is 11. The van der Waals surface area contributed by atoms with E-state index in [1.807, 2.05) is 18.2 Å². The average Bonchev–Trinajstić information content (AvgIpc) is 3.29. The number of anilines is 1. The summed E-state index contributed by atoms with van der Waals surface area (Å²) in [6, 6.07) is 4.15. The number of aliphatic carboxylic acids is 1. The van der Waals surface area contributed by atoms with E-state index in [0.29, 0.717) is 25.3 Å². The SMILES string of the molecule is COc1ccc2nc(NCCCC3NC(=O)N(CC(=O)NCC(C)C(=O)O)C3=O)[nH]c2c1. The highest BCUT2D eigenvalue weighted by atomic mass is 16.5. The fourth-order valence-corrected chi connectivity index (χ4v) is 3.19. The summed E-state index contributed by atoms with van der Waals surface area (Å²) < 4.78 is 5.18. The molecule has 1 saturated heterocycles. The van der Waals surface area contributed by atoms with E-state index >= 15 is 0 Å². The van der Waals surface area contributed by atoms with Gasteiger partial charge in [0.2, 0.25) is 11.9 Å². The van der Waals surface area contributed by atoms with Crippen molar-refractivity contribution in [3.8, 4) is 5.75 Å². The Morgan fingerprint density at radius 1 is 1.34 bits per heavy atom. The monoisotopic (exact) mass is 446 g/mol. The van der Waals surface area contributed by atoms with Crippen LogP contribution in [0.15, 0.2) is 18.2 Å². The highest BCUT2D eigenvalue weighted by Gasteiger charge is 2.38. The fourth-order valence-electron chi connectivity index (χ4n) is 3.19. The third kappa shape index (κ3) is 5.45. The van der Waals surface area contributed by atoms with Crippen molar-refractivity contribution in [1.82, 2.24) is 25.5 Å². The number of imide groups is 1. The lowest BCUT2D eigenvalue weighted by atomic mass is 10.1. The van der Waals surface area contributed by atoms with Gasteiger partial charge in [-0.15, -0.1) is 0 Å². The van der Waals surface area contributed by atoms with Crippen molar-refractivity contribution in [2.75, 3.05) is 32.1 Å². The van der Waals surface area contributed by atoms with Crippen LogP contribution in [-0.2, 0) is 14.4 Å². The standard InChI is InChI=1S/C20H26N6O6/c1-11(18(29)30)9-22-16(27)10-26-17(28)14(25-20(26)31)4-3-7-21-19-23-13-6-5-12(32-2)8-15(13)24-19/h5-6,8,11,14H,3-4,7,9-10H2,1-2H3,(H,22,27)(H,25,31)(H,29,30)(H2,21,23,24). The first kappa shape index (κ1) is 22.8. The second-order valence-electron chi connectivity index (χ2n) is 7.51. The van der Waals surface area contributed by atoms with Gasteiger partial charge in [-0.1, -0.05) is 6.92 Å². The number of methoxy groups -OCH3 is 1. The number of nitrogens with one attached hydrogen (secondary N) is 4. The van der Waals surface area contributed by atoms with Crippen LogP contribution in [-0.4, -0.2) is 76.6 Å². The van der Waals surface area contributed by atoms with E-state index in [0.717, 1.165) is 21.7 Å². The van der Waals surface area contributed by atoms with E-state index in [1.54, 1.807) is 7.11 Å². The maximum atomic E-state index is 12.5. The van der Waals surface area contributed by atoms with Crippen LogP contribution in [0.2, 0.25) is 0 Å². The van der Waals surface area contributed by atoms with E-state index in [2.05, 4.69) is 25.9 Å². The first-order valence-electron chi connectivity index (χ1n) is 10.2. The number of benzene rings is 1. The molecule has 2 atom stereocenters. The van der Waals surface area contributed by atoms with Gasteiger partial charge in [-0.2, -0.15) is 0 Å². The van der Waals surface area contributed by atoms with Crippen molar-refractivity contribution in [3.05, 3.63) is 18.2 Å². The Hall–Kier alpha value is -3.83. The number of urea groups is 1. The molecule has 4 amide bonds. The maximum absolute atomic E-state index is 12.5. The Balaban J connectivity index is 1.43. The van der Waals surface area contributed by atoms with Crippen LogP contribution in [0.25, 0.3) is 11.0 Å². The van der Waals surface area contributed by atoms with Crippen LogP contribution in [0.5, 0.6) is 5.75 Å². The summed E-state index contributed by atoms with van der Waals surface area (Å²) in [4.78, 5) is 55.7. The first-order chi connectivity index (χ1) is 15.3. The molecular weight excluding hydrogens is 420 g/mol. The van der Waals surface area contributed by atoms with E-state index in [9.17, 15) is 19.2 Å². The third-order valence-electron chi connectivity index (χ3n) is 5.09. The summed E-state index contributed by atoms with van der Waals surface area (Å²) in [5.41, 5.74) is 1.62. The Labute approximate surface area is 183 Å². The van der Waals surface area contributed by atoms with Gasteiger partial charge in [-0.25, -0.2) is 9.78 Å². The number of hydrogen-bond donors (Lipinski definition) is 5. The van der Waals surface area contributed by atoms with E-state index in [4.69, 9.17) is 9.84 Å². The topological polar surface area (TPSA) is 166 Å². The summed E-state index contributed by atoms with van der Waals surface area (Å²) >= 11 is 0. The summed E-state index contributed by atoms with van der Waals surface area (Å²) in [5, 5.41) is 17.0. The first-order valence-corrected chi connectivity index (χ1v) is 10.2. The number of carbonyl (C=O) groups excluding carboxylic acids is 3. The summed E-state index contributed by atoms with van der Waals surface area (Å²) in [6.45, 7) is 1.43. The number of imidazole rings is 1. The van der Waals surface area contributed by atoms with E-state index in [-0.39, 0.29) is 6.54 Å². The summed E-state index contributed by atoms with van der Waals surface area (Å²) in [5.74, 6) is -1.58. The van der Waals surface area contributed by atoms with Crippen molar-refractivity contribution >= 4 is 40.8 Å². The van der Waals surface area contributed by atoms with Crippen molar-refractivity contribution in [3.63, 3.8) is 0 Å². The van der Waals surface area contributed by atoms with Crippen LogP contribution >= 0.6 is 0 Å². The molecule has 0 saturated carbocycles. The lowest BCUT2D eigenvalue weighted by Crippen LogP contribution is -2.42. The summed E-state index contributed by atoms with van der Waals surface area (Å²) in [6.07, 6.45) is 0.965. The minimum Gasteiger partial charge on any atom is -0.497 e. The molecule has 0 bridgehead atoms. The van der Waals surface area contributed by atoms with Crippen LogP contribution in [0, 0.1) is 5.92 Å². The molecule has 1 fully saturated rings. The molecule has 0 spiro atoms. The molecular formula is C20H26N6O6. The third-order valence-corrected chi connectivity index (χ3v) is 5.09.